The fraction of sp³-hybridized carbons (Fsp3) is 0.400. The molecule has 0 aromatic carbocycles. The second-order valence-electron chi connectivity index (χ2n) is 5.15. The van der Waals surface area contributed by atoms with Crippen molar-refractivity contribution in [2.45, 2.75) is 25.7 Å². The zero-order chi connectivity index (χ0) is 12.8. The molecule has 2 rings (SSSR count). The van der Waals surface area contributed by atoms with Gasteiger partial charge in [-0.25, -0.2) is 0 Å². The highest BCUT2D eigenvalue weighted by molar-refractivity contribution is 7.10. The van der Waals surface area contributed by atoms with Crippen molar-refractivity contribution in [1.82, 2.24) is 10.3 Å². The fourth-order valence-corrected chi connectivity index (χ4v) is 2.78. The number of rotatable bonds is 6. The van der Waals surface area contributed by atoms with Crippen LogP contribution in [0.3, 0.4) is 0 Å². The molecule has 0 bridgehead atoms. The Morgan fingerprint density at radius 3 is 2.83 bits per heavy atom. The Hall–Kier alpha value is -1.19. The van der Waals surface area contributed by atoms with Crippen molar-refractivity contribution in [2.24, 2.45) is 0 Å². The minimum Gasteiger partial charge on any atom is -0.316 e. The monoisotopic (exact) mass is 260 g/mol. The van der Waals surface area contributed by atoms with E-state index in [2.05, 4.69) is 47.7 Å². The van der Waals surface area contributed by atoms with Gasteiger partial charge in [-0.05, 0) is 36.0 Å². The minimum absolute atomic E-state index is 0.211. The molecule has 0 saturated heterocycles. The van der Waals surface area contributed by atoms with Gasteiger partial charge in [0.2, 0.25) is 0 Å². The number of thiophene rings is 1. The fourth-order valence-electron chi connectivity index (χ4n) is 1.93. The summed E-state index contributed by atoms with van der Waals surface area (Å²) in [6.07, 6.45) is 4.79. The maximum absolute atomic E-state index is 4.13. The van der Waals surface area contributed by atoms with E-state index < -0.39 is 0 Å². The lowest BCUT2D eigenvalue weighted by molar-refractivity contribution is 0.479. The van der Waals surface area contributed by atoms with Crippen molar-refractivity contribution < 1.29 is 0 Å². The molecule has 18 heavy (non-hydrogen) atoms. The van der Waals surface area contributed by atoms with Crippen LogP contribution in [0.5, 0.6) is 0 Å². The largest absolute Gasteiger partial charge is 0.316 e. The average Bonchev–Trinajstić information content (AvgIpc) is 2.91. The van der Waals surface area contributed by atoms with Crippen LogP contribution in [-0.2, 0) is 11.8 Å². The van der Waals surface area contributed by atoms with Crippen LogP contribution in [0.2, 0.25) is 0 Å². The first-order valence-electron chi connectivity index (χ1n) is 6.32. The molecule has 0 radical (unpaired) electrons. The summed E-state index contributed by atoms with van der Waals surface area (Å²) in [7, 11) is 0. The summed E-state index contributed by atoms with van der Waals surface area (Å²) in [5, 5.41) is 5.69. The molecule has 0 amide bonds. The predicted molar refractivity (Wildman–Crippen MR) is 78.2 cm³/mol. The first-order chi connectivity index (χ1) is 8.68. The summed E-state index contributed by atoms with van der Waals surface area (Å²) >= 11 is 1.83. The zero-order valence-corrected chi connectivity index (χ0v) is 11.8. The Kier molecular flexibility index (Phi) is 4.50. The van der Waals surface area contributed by atoms with Crippen LogP contribution >= 0.6 is 11.3 Å². The van der Waals surface area contributed by atoms with Crippen LogP contribution in [0, 0.1) is 0 Å². The molecule has 2 aromatic heterocycles. The van der Waals surface area contributed by atoms with E-state index in [-0.39, 0.29) is 5.41 Å². The van der Waals surface area contributed by atoms with Gasteiger partial charge in [0.15, 0.2) is 0 Å². The quantitative estimate of drug-likeness (QED) is 0.806. The van der Waals surface area contributed by atoms with E-state index in [9.17, 15) is 0 Å². The lowest BCUT2D eigenvalue weighted by Gasteiger charge is -2.23. The van der Waals surface area contributed by atoms with Crippen LogP contribution in [0.1, 0.15) is 24.3 Å². The van der Waals surface area contributed by atoms with Crippen molar-refractivity contribution in [2.75, 3.05) is 13.1 Å². The number of aromatic nitrogens is 1. The summed E-state index contributed by atoms with van der Waals surface area (Å²) < 4.78 is 0. The molecule has 3 heteroatoms. The van der Waals surface area contributed by atoms with Gasteiger partial charge >= 0.3 is 0 Å². The third-order valence-electron chi connectivity index (χ3n) is 3.07. The van der Waals surface area contributed by atoms with Gasteiger partial charge in [-0.3, -0.25) is 4.98 Å². The highest BCUT2D eigenvalue weighted by atomic mass is 32.1. The molecule has 2 aromatic rings. The second-order valence-corrected chi connectivity index (χ2v) is 6.10. The summed E-state index contributed by atoms with van der Waals surface area (Å²) in [6.45, 7) is 6.58. The molecule has 2 nitrogen and oxygen atoms in total. The van der Waals surface area contributed by atoms with Gasteiger partial charge in [0.25, 0.3) is 0 Å². The van der Waals surface area contributed by atoms with Gasteiger partial charge in [-0.2, -0.15) is 0 Å². The van der Waals surface area contributed by atoms with Crippen molar-refractivity contribution >= 4 is 11.3 Å². The van der Waals surface area contributed by atoms with Gasteiger partial charge in [0.1, 0.15) is 0 Å². The summed E-state index contributed by atoms with van der Waals surface area (Å²) in [5.74, 6) is 0. The summed E-state index contributed by atoms with van der Waals surface area (Å²) in [6, 6.07) is 8.45. The molecule has 0 aliphatic heterocycles. The summed E-state index contributed by atoms with van der Waals surface area (Å²) in [5.41, 5.74) is 1.50. The second kappa shape index (κ2) is 6.12. The van der Waals surface area contributed by atoms with Crippen LogP contribution in [-0.4, -0.2) is 18.1 Å². The van der Waals surface area contributed by atoms with E-state index in [1.807, 2.05) is 29.8 Å². The molecule has 0 spiro atoms. The lowest BCUT2D eigenvalue weighted by atomic mass is 9.91. The van der Waals surface area contributed by atoms with Gasteiger partial charge in [0.05, 0.1) is 0 Å². The first-order valence-corrected chi connectivity index (χ1v) is 7.20. The highest BCUT2D eigenvalue weighted by Crippen LogP contribution is 2.26. The number of nitrogens with zero attached hydrogens (tertiary/aromatic N) is 1. The van der Waals surface area contributed by atoms with E-state index in [1.165, 1.54) is 10.4 Å². The third kappa shape index (κ3) is 3.65. The maximum atomic E-state index is 4.13. The Morgan fingerprint density at radius 1 is 1.28 bits per heavy atom. The number of pyridine rings is 1. The van der Waals surface area contributed by atoms with Crippen LogP contribution in [0.4, 0.5) is 0 Å². The molecule has 96 valence electrons. The molecule has 0 unspecified atom stereocenters. The molecule has 2 heterocycles. The van der Waals surface area contributed by atoms with Crippen molar-refractivity contribution in [3.63, 3.8) is 0 Å². The number of hydrogen-bond acceptors (Lipinski definition) is 3. The van der Waals surface area contributed by atoms with Gasteiger partial charge in [0, 0.05) is 29.2 Å². The van der Waals surface area contributed by atoms with Gasteiger partial charge in [-0.1, -0.05) is 26.0 Å². The van der Waals surface area contributed by atoms with Crippen molar-refractivity contribution in [3.8, 4) is 0 Å². The molecule has 0 fully saturated rings. The molecular weight excluding hydrogens is 240 g/mol. The van der Waals surface area contributed by atoms with Crippen molar-refractivity contribution in [3.05, 3.63) is 52.5 Å². The van der Waals surface area contributed by atoms with Gasteiger partial charge in [-0.15, -0.1) is 11.3 Å². The molecule has 0 aliphatic rings. The van der Waals surface area contributed by atoms with E-state index >= 15 is 0 Å². The van der Waals surface area contributed by atoms with Crippen LogP contribution < -0.4 is 5.32 Å². The molecule has 0 aliphatic carbocycles. The molecule has 0 saturated carbocycles. The molecule has 1 N–H and O–H groups in total. The topological polar surface area (TPSA) is 24.9 Å². The van der Waals surface area contributed by atoms with Crippen molar-refractivity contribution in [1.29, 1.82) is 0 Å². The van der Waals surface area contributed by atoms with Crippen LogP contribution in [0.25, 0.3) is 0 Å². The number of hydrogen-bond donors (Lipinski definition) is 1. The Morgan fingerprint density at radius 2 is 2.17 bits per heavy atom. The van der Waals surface area contributed by atoms with E-state index in [0.717, 1.165) is 19.5 Å². The van der Waals surface area contributed by atoms with E-state index in [4.69, 9.17) is 0 Å². The van der Waals surface area contributed by atoms with Gasteiger partial charge < -0.3 is 5.32 Å². The smallest absolute Gasteiger partial charge is 0.0300 e. The van der Waals surface area contributed by atoms with Crippen LogP contribution in [0.15, 0.2) is 42.0 Å². The predicted octanol–water partition coefficient (Wildman–Crippen LogP) is 3.25. The number of nitrogens with one attached hydrogen (secondary N) is 1. The van der Waals surface area contributed by atoms with E-state index in [1.54, 1.807) is 0 Å². The average molecular weight is 260 g/mol. The summed E-state index contributed by atoms with van der Waals surface area (Å²) in [4.78, 5) is 5.57. The normalized spacial score (nSPS) is 11.7. The van der Waals surface area contributed by atoms with E-state index in [0.29, 0.717) is 0 Å². The molecular formula is C15H20N2S. The lowest BCUT2D eigenvalue weighted by Crippen LogP contribution is -2.33. The Labute approximate surface area is 113 Å². The molecule has 0 atom stereocenters. The zero-order valence-electron chi connectivity index (χ0n) is 11.0. The first kappa shape index (κ1) is 13.2. The Balaban J connectivity index is 1.76. The maximum Gasteiger partial charge on any atom is 0.0300 e. The SMILES string of the molecule is CC(C)(CNCCc1cccnc1)c1cccs1. The highest BCUT2D eigenvalue weighted by Gasteiger charge is 2.20. The Bertz CT molecular complexity index is 449. The minimum atomic E-state index is 0.211. The third-order valence-corrected chi connectivity index (χ3v) is 4.30. The standard InChI is InChI=1S/C15H20N2S/c1-15(2,14-6-4-10-18-14)12-17-9-7-13-5-3-8-16-11-13/h3-6,8,10-11,17H,7,9,12H2,1-2H3.